The molecular weight excluding hydrogens is 438 g/mol. The van der Waals surface area contributed by atoms with Crippen molar-refractivity contribution in [3.63, 3.8) is 0 Å². The Morgan fingerprint density at radius 3 is 2.21 bits per heavy atom. The van der Waals surface area contributed by atoms with Gasteiger partial charge in [-0.05, 0) is 47.3 Å². The van der Waals surface area contributed by atoms with E-state index in [1.54, 1.807) is 6.92 Å². The van der Waals surface area contributed by atoms with Gasteiger partial charge in [0.15, 0.2) is 0 Å². The normalized spacial score (nSPS) is 21.4. The van der Waals surface area contributed by atoms with Crippen LogP contribution in [-0.2, 0) is 33.2 Å². The molecule has 1 aromatic heterocycles. The summed E-state index contributed by atoms with van der Waals surface area (Å²) in [6.45, 7) is 14.2. The van der Waals surface area contributed by atoms with Gasteiger partial charge in [-0.1, -0.05) is 59.7 Å². The first-order valence-corrected chi connectivity index (χ1v) is 13.2. The van der Waals surface area contributed by atoms with Gasteiger partial charge >= 0.3 is 0 Å². The van der Waals surface area contributed by atoms with Crippen LogP contribution in [0.4, 0.5) is 0 Å². The van der Waals surface area contributed by atoms with Crippen molar-refractivity contribution < 1.29 is 22.7 Å². The maximum absolute atomic E-state index is 13.3. The summed E-state index contributed by atoms with van der Waals surface area (Å²) in [7, 11) is -2.49. The number of sulfonamides is 1. The van der Waals surface area contributed by atoms with Crippen molar-refractivity contribution in [2.45, 2.75) is 96.5 Å². The Morgan fingerprint density at radius 1 is 1.12 bits per heavy atom. The fourth-order valence-electron chi connectivity index (χ4n) is 4.70. The minimum absolute atomic E-state index is 0.186. The van der Waals surface area contributed by atoms with Gasteiger partial charge in [-0.25, -0.2) is 8.42 Å². The molecule has 0 radical (unpaired) electrons. The van der Waals surface area contributed by atoms with E-state index in [0.717, 1.165) is 5.56 Å². The summed E-state index contributed by atoms with van der Waals surface area (Å²) in [6.07, 6.45) is 0.939. The molecule has 6 nitrogen and oxygen atoms in total. The molecule has 0 fully saturated rings. The molecule has 1 aromatic carbocycles. The van der Waals surface area contributed by atoms with E-state index >= 15 is 0 Å². The van der Waals surface area contributed by atoms with Crippen LogP contribution in [0.15, 0.2) is 33.8 Å². The number of hydrogen-bond donors (Lipinski definition) is 2. The quantitative estimate of drug-likeness (QED) is 0.510. The minimum atomic E-state index is -3.99. The predicted molar refractivity (Wildman–Crippen MR) is 130 cm³/mol. The number of furan rings is 1. The van der Waals surface area contributed by atoms with Crippen LogP contribution < -0.4 is 4.72 Å². The average Bonchev–Trinajstić information content (AvgIpc) is 3.17. The maximum Gasteiger partial charge on any atom is 0.276 e. The summed E-state index contributed by atoms with van der Waals surface area (Å²) >= 11 is 0. The molecule has 0 bridgehead atoms. The molecule has 3 rings (SSSR count). The molecule has 2 unspecified atom stereocenters. The lowest BCUT2D eigenvalue weighted by Crippen LogP contribution is -2.42. The highest BCUT2D eigenvalue weighted by Gasteiger charge is 2.47. The lowest BCUT2D eigenvalue weighted by molar-refractivity contribution is -0.0715. The molecule has 33 heavy (non-hydrogen) atoms. The Morgan fingerprint density at radius 2 is 1.70 bits per heavy atom. The Labute approximate surface area is 198 Å². The van der Waals surface area contributed by atoms with Crippen molar-refractivity contribution >= 4 is 10.0 Å². The SMILES string of the molecule is COC(Cc1c(C(C)C)cccc1C(C)C)NS(=O)(=O)c1cc2c(o1)CCC(C)(C)C2(C)O. The number of ether oxygens (including phenoxy) is 1. The zero-order valence-electron chi connectivity index (χ0n) is 21.2. The second-order valence-electron chi connectivity index (χ2n) is 10.6. The molecule has 1 heterocycles. The van der Waals surface area contributed by atoms with Gasteiger partial charge in [0.05, 0.1) is 5.60 Å². The fraction of sp³-hybridized carbons (Fsp3) is 0.615. The fourth-order valence-corrected chi connectivity index (χ4v) is 5.82. The molecule has 2 atom stereocenters. The van der Waals surface area contributed by atoms with E-state index in [4.69, 9.17) is 9.15 Å². The highest BCUT2D eigenvalue weighted by Crippen LogP contribution is 2.49. The van der Waals surface area contributed by atoms with E-state index in [2.05, 4.69) is 50.6 Å². The summed E-state index contributed by atoms with van der Waals surface area (Å²) in [6, 6.07) is 7.71. The van der Waals surface area contributed by atoms with E-state index in [0.29, 0.717) is 42.4 Å². The van der Waals surface area contributed by atoms with Crippen LogP contribution in [-0.4, -0.2) is 26.9 Å². The molecule has 1 aliphatic rings. The van der Waals surface area contributed by atoms with Crippen molar-refractivity contribution in [3.05, 3.63) is 52.3 Å². The first kappa shape index (κ1) is 25.9. The average molecular weight is 478 g/mol. The lowest BCUT2D eigenvalue weighted by atomic mass is 9.65. The Balaban J connectivity index is 1.92. The minimum Gasteiger partial charge on any atom is -0.448 e. The van der Waals surface area contributed by atoms with Gasteiger partial charge in [0.1, 0.15) is 12.0 Å². The third-order valence-electron chi connectivity index (χ3n) is 7.32. The van der Waals surface area contributed by atoms with Crippen LogP contribution in [0.1, 0.15) is 94.7 Å². The van der Waals surface area contributed by atoms with Crippen molar-refractivity contribution in [1.29, 1.82) is 0 Å². The van der Waals surface area contributed by atoms with Gasteiger partial charge in [-0.15, -0.1) is 0 Å². The smallest absolute Gasteiger partial charge is 0.276 e. The molecule has 7 heteroatoms. The van der Waals surface area contributed by atoms with Crippen molar-refractivity contribution in [3.8, 4) is 0 Å². The molecule has 0 spiro atoms. The summed E-state index contributed by atoms with van der Waals surface area (Å²) in [5, 5.41) is 10.9. The maximum atomic E-state index is 13.3. The largest absolute Gasteiger partial charge is 0.448 e. The summed E-state index contributed by atoms with van der Waals surface area (Å²) in [4.78, 5) is 0. The predicted octanol–water partition coefficient (Wildman–Crippen LogP) is 5.20. The molecule has 184 valence electrons. The number of aryl methyl sites for hydroxylation is 1. The standard InChI is InChI=1S/C26H39NO5S/c1-16(2)18-10-9-11-19(17(3)4)20(18)14-23(31-8)27-33(29,30)24-15-21-22(32-24)12-13-25(5,6)26(21,7)28/h9-11,15-17,23,27-28H,12-14H2,1-8H3. The van der Waals surface area contributed by atoms with Gasteiger partial charge < -0.3 is 14.3 Å². The Bertz CT molecular complexity index is 1070. The number of benzene rings is 1. The number of aliphatic hydroxyl groups is 1. The van der Waals surface area contributed by atoms with Gasteiger partial charge in [0.25, 0.3) is 10.0 Å². The van der Waals surface area contributed by atoms with Crippen LogP contribution in [0.3, 0.4) is 0 Å². The molecule has 0 aliphatic heterocycles. The lowest BCUT2D eigenvalue weighted by Gasteiger charge is -2.43. The van der Waals surface area contributed by atoms with Crippen LogP contribution in [0.2, 0.25) is 0 Å². The number of nitrogens with one attached hydrogen (secondary N) is 1. The Kier molecular flexibility index (Phi) is 7.21. The second-order valence-corrected chi connectivity index (χ2v) is 12.3. The monoisotopic (exact) mass is 477 g/mol. The number of fused-ring (bicyclic) bond motifs is 1. The number of methoxy groups -OCH3 is 1. The zero-order chi connectivity index (χ0) is 24.8. The molecule has 2 N–H and O–H groups in total. The molecule has 0 amide bonds. The van der Waals surface area contributed by atoms with Crippen LogP contribution >= 0.6 is 0 Å². The second kappa shape index (κ2) is 9.17. The molecule has 0 saturated carbocycles. The third kappa shape index (κ3) is 4.92. The summed E-state index contributed by atoms with van der Waals surface area (Å²) in [5.74, 6) is 1.13. The van der Waals surface area contributed by atoms with Crippen molar-refractivity contribution in [2.75, 3.05) is 7.11 Å². The highest BCUT2D eigenvalue weighted by atomic mass is 32.2. The molecule has 2 aromatic rings. The van der Waals surface area contributed by atoms with Crippen LogP contribution in [0, 0.1) is 5.41 Å². The first-order chi connectivity index (χ1) is 15.2. The summed E-state index contributed by atoms with van der Waals surface area (Å²) in [5.41, 5.74) is 2.46. The zero-order valence-corrected chi connectivity index (χ0v) is 22.0. The van der Waals surface area contributed by atoms with Crippen molar-refractivity contribution in [1.82, 2.24) is 4.72 Å². The topological polar surface area (TPSA) is 88.8 Å². The van der Waals surface area contributed by atoms with Gasteiger partial charge in [0.2, 0.25) is 5.09 Å². The van der Waals surface area contributed by atoms with E-state index < -0.39 is 21.9 Å². The summed E-state index contributed by atoms with van der Waals surface area (Å²) < 4.78 is 40.5. The molecule has 1 aliphatic carbocycles. The van der Waals surface area contributed by atoms with E-state index in [1.165, 1.54) is 24.3 Å². The Hall–Kier alpha value is -1.67. The van der Waals surface area contributed by atoms with E-state index in [1.807, 2.05) is 13.8 Å². The van der Waals surface area contributed by atoms with Crippen LogP contribution in [0.25, 0.3) is 0 Å². The van der Waals surface area contributed by atoms with Gasteiger partial charge in [-0.2, -0.15) is 4.72 Å². The van der Waals surface area contributed by atoms with Crippen LogP contribution in [0.5, 0.6) is 0 Å². The van der Waals surface area contributed by atoms with E-state index in [-0.39, 0.29) is 10.5 Å². The van der Waals surface area contributed by atoms with Gasteiger partial charge in [-0.3, -0.25) is 0 Å². The first-order valence-electron chi connectivity index (χ1n) is 11.7. The third-order valence-corrected chi connectivity index (χ3v) is 8.63. The highest BCUT2D eigenvalue weighted by molar-refractivity contribution is 7.89. The molecule has 0 saturated heterocycles. The van der Waals surface area contributed by atoms with E-state index in [9.17, 15) is 13.5 Å². The van der Waals surface area contributed by atoms with Crippen molar-refractivity contribution in [2.24, 2.45) is 5.41 Å². The number of rotatable bonds is 8. The molecular formula is C26H39NO5S. The number of hydrogen-bond acceptors (Lipinski definition) is 5. The van der Waals surface area contributed by atoms with Gasteiger partial charge in [0, 0.05) is 31.6 Å².